The van der Waals surface area contributed by atoms with Crippen LogP contribution in [0.15, 0.2) is 42.7 Å². The van der Waals surface area contributed by atoms with E-state index in [1.165, 1.54) is 0 Å². The summed E-state index contributed by atoms with van der Waals surface area (Å²) in [4.78, 5) is 12.0. The van der Waals surface area contributed by atoms with Crippen molar-refractivity contribution in [2.45, 2.75) is 13.0 Å². The molecule has 1 aromatic heterocycles. The topological polar surface area (TPSA) is 59.0 Å². The van der Waals surface area contributed by atoms with E-state index >= 15 is 0 Å². The zero-order valence-electron chi connectivity index (χ0n) is 11.2. The Morgan fingerprint density at radius 2 is 2.25 bits per heavy atom. The molecule has 5 heteroatoms. The number of aromatic nitrogens is 2. The number of nitrogens with one attached hydrogen (secondary N) is 2. The van der Waals surface area contributed by atoms with Crippen LogP contribution >= 0.6 is 0 Å². The van der Waals surface area contributed by atoms with Gasteiger partial charge in [0.05, 0.1) is 12.5 Å². The molecule has 1 aromatic carbocycles. The van der Waals surface area contributed by atoms with Crippen LogP contribution < -0.4 is 10.6 Å². The van der Waals surface area contributed by atoms with Crippen LogP contribution in [0, 0.1) is 5.92 Å². The van der Waals surface area contributed by atoms with E-state index in [4.69, 9.17) is 0 Å². The van der Waals surface area contributed by atoms with Crippen molar-refractivity contribution in [3.05, 3.63) is 48.3 Å². The van der Waals surface area contributed by atoms with E-state index in [2.05, 4.69) is 15.7 Å². The molecule has 0 bridgehead atoms. The number of hydrogen-bond donors (Lipinski definition) is 2. The van der Waals surface area contributed by atoms with Gasteiger partial charge in [0.25, 0.3) is 0 Å². The van der Waals surface area contributed by atoms with Crippen molar-refractivity contribution >= 4 is 11.6 Å². The summed E-state index contributed by atoms with van der Waals surface area (Å²) in [6.45, 7) is 2.46. The van der Waals surface area contributed by atoms with E-state index in [1.807, 2.05) is 41.2 Å². The molecule has 1 aliphatic heterocycles. The largest absolute Gasteiger partial charge is 0.326 e. The fourth-order valence-electron chi connectivity index (χ4n) is 2.40. The van der Waals surface area contributed by atoms with Gasteiger partial charge in [-0.05, 0) is 36.7 Å². The molecular formula is C15H18N4O. The number of hydrogen-bond acceptors (Lipinski definition) is 3. The van der Waals surface area contributed by atoms with E-state index in [1.54, 1.807) is 6.20 Å². The molecule has 1 amide bonds. The zero-order chi connectivity index (χ0) is 13.8. The second-order valence-corrected chi connectivity index (χ2v) is 5.08. The highest BCUT2D eigenvalue weighted by atomic mass is 16.1. The zero-order valence-corrected chi connectivity index (χ0v) is 11.2. The first-order chi connectivity index (χ1) is 9.81. The lowest BCUT2D eigenvalue weighted by molar-refractivity contribution is -0.119. The van der Waals surface area contributed by atoms with Crippen molar-refractivity contribution in [3.63, 3.8) is 0 Å². The molecule has 1 aliphatic rings. The fourth-order valence-corrected chi connectivity index (χ4v) is 2.40. The third kappa shape index (κ3) is 3.05. The molecule has 0 unspecified atom stereocenters. The molecule has 0 aliphatic carbocycles. The van der Waals surface area contributed by atoms with Gasteiger partial charge in [0.2, 0.25) is 5.91 Å². The molecule has 2 N–H and O–H groups in total. The van der Waals surface area contributed by atoms with Crippen LogP contribution in [-0.4, -0.2) is 28.8 Å². The Morgan fingerprint density at radius 3 is 2.90 bits per heavy atom. The van der Waals surface area contributed by atoms with Gasteiger partial charge in [-0.3, -0.25) is 9.48 Å². The lowest BCUT2D eigenvalue weighted by Gasteiger charge is -2.10. The van der Waals surface area contributed by atoms with Gasteiger partial charge in [0, 0.05) is 24.6 Å². The third-order valence-corrected chi connectivity index (χ3v) is 3.56. The minimum atomic E-state index is 0.0961. The second-order valence-electron chi connectivity index (χ2n) is 5.08. The first kappa shape index (κ1) is 12.9. The number of amides is 1. The van der Waals surface area contributed by atoms with Crippen molar-refractivity contribution in [1.82, 2.24) is 15.1 Å². The van der Waals surface area contributed by atoms with Crippen LogP contribution in [0.2, 0.25) is 0 Å². The highest BCUT2D eigenvalue weighted by Crippen LogP contribution is 2.14. The van der Waals surface area contributed by atoms with E-state index in [-0.39, 0.29) is 11.8 Å². The molecule has 1 saturated heterocycles. The maximum Gasteiger partial charge on any atom is 0.228 e. The monoisotopic (exact) mass is 270 g/mol. The van der Waals surface area contributed by atoms with E-state index < -0.39 is 0 Å². The molecule has 5 nitrogen and oxygen atoms in total. The predicted molar refractivity (Wildman–Crippen MR) is 77.4 cm³/mol. The fraction of sp³-hybridized carbons (Fsp3) is 0.333. The van der Waals surface area contributed by atoms with Gasteiger partial charge in [0.1, 0.15) is 0 Å². The maximum absolute atomic E-state index is 12.0. The summed E-state index contributed by atoms with van der Waals surface area (Å²) in [5.74, 6) is 0.202. The Kier molecular flexibility index (Phi) is 3.78. The highest BCUT2D eigenvalue weighted by Gasteiger charge is 2.22. The Hall–Kier alpha value is -2.14. The number of rotatable bonds is 4. The first-order valence-electron chi connectivity index (χ1n) is 6.89. The average molecular weight is 270 g/mol. The molecule has 104 valence electrons. The standard InChI is InChI=1S/C15H18N4O/c20-15(13-6-8-16-10-13)18-14-4-2-12(3-5-14)11-19-9-1-7-17-19/h1-5,7,9,13,16H,6,8,10-11H2,(H,18,20)/t13-/m0/s1. The molecule has 0 spiro atoms. The number of carbonyl (C=O) groups excluding carboxylic acids is 1. The summed E-state index contributed by atoms with van der Waals surface area (Å²) in [5, 5.41) is 10.3. The molecule has 0 radical (unpaired) electrons. The van der Waals surface area contributed by atoms with Crippen molar-refractivity contribution < 1.29 is 4.79 Å². The van der Waals surface area contributed by atoms with E-state index in [0.29, 0.717) is 0 Å². The van der Waals surface area contributed by atoms with Gasteiger partial charge in [-0.25, -0.2) is 0 Å². The molecule has 1 fully saturated rings. The van der Waals surface area contributed by atoms with Crippen molar-refractivity contribution in [2.24, 2.45) is 5.92 Å². The Bertz CT molecular complexity index is 556. The van der Waals surface area contributed by atoms with Gasteiger partial charge in [-0.1, -0.05) is 12.1 Å². The predicted octanol–water partition coefficient (Wildman–Crippen LogP) is 1.48. The summed E-state index contributed by atoms with van der Waals surface area (Å²) in [7, 11) is 0. The summed E-state index contributed by atoms with van der Waals surface area (Å²) in [6.07, 6.45) is 4.62. The molecule has 20 heavy (non-hydrogen) atoms. The van der Waals surface area contributed by atoms with Crippen LogP contribution in [0.25, 0.3) is 0 Å². The van der Waals surface area contributed by atoms with Gasteiger partial charge in [0.15, 0.2) is 0 Å². The highest BCUT2D eigenvalue weighted by molar-refractivity contribution is 5.92. The average Bonchev–Trinajstić information content (AvgIpc) is 3.13. The van der Waals surface area contributed by atoms with Gasteiger partial charge >= 0.3 is 0 Å². The Morgan fingerprint density at radius 1 is 1.40 bits per heavy atom. The summed E-state index contributed by atoms with van der Waals surface area (Å²) >= 11 is 0. The number of nitrogens with zero attached hydrogens (tertiary/aromatic N) is 2. The normalized spacial score (nSPS) is 18.1. The molecular weight excluding hydrogens is 252 g/mol. The Labute approximate surface area is 118 Å². The van der Waals surface area contributed by atoms with E-state index in [0.717, 1.165) is 37.3 Å². The molecule has 2 aromatic rings. The number of benzene rings is 1. The van der Waals surface area contributed by atoms with Crippen LogP contribution in [0.5, 0.6) is 0 Å². The molecule has 1 atom stereocenters. The number of carbonyl (C=O) groups is 1. The van der Waals surface area contributed by atoms with Gasteiger partial charge in [-0.2, -0.15) is 5.10 Å². The van der Waals surface area contributed by atoms with Crippen molar-refractivity contribution in [1.29, 1.82) is 0 Å². The summed E-state index contributed by atoms with van der Waals surface area (Å²) in [5.41, 5.74) is 2.01. The van der Waals surface area contributed by atoms with Crippen LogP contribution in [-0.2, 0) is 11.3 Å². The molecule has 3 rings (SSSR count). The van der Waals surface area contributed by atoms with Crippen molar-refractivity contribution in [3.8, 4) is 0 Å². The quantitative estimate of drug-likeness (QED) is 0.884. The smallest absolute Gasteiger partial charge is 0.228 e. The Balaban J connectivity index is 1.59. The van der Waals surface area contributed by atoms with Crippen LogP contribution in [0.4, 0.5) is 5.69 Å². The SMILES string of the molecule is O=C(Nc1ccc(Cn2cccn2)cc1)[C@H]1CCNC1. The van der Waals surface area contributed by atoms with Crippen LogP contribution in [0.3, 0.4) is 0 Å². The summed E-state index contributed by atoms with van der Waals surface area (Å²) < 4.78 is 1.87. The third-order valence-electron chi connectivity index (χ3n) is 3.56. The van der Waals surface area contributed by atoms with Gasteiger partial charge in [-0.15, -0.1) is 0 Å². The molecule has 0 saturated carbocycles. The maximum atomic E-state index is 12.0. The molecule has 2 heterocycles. The minimum Gasteiger partial charge on any atom is -0.326 e. The lowest BCUT2D eigenvalue weighted by atomic mass is 10.1. The van der Waals surface area contributed by atoms with Crippen LogP contribution in [0.1, 0.15) is 12.0 Å². The van der Waals surface area contributed by atoms with Gasteiger partial charge < -0.3 is 10.6 Å². The second kappa shape index (κ2) is 5.88. The number of anilines is 1. The minimum absolute atomic E-state index is 0.0961. The van der Waals surface area contributed by atoms with E-state index in [9.17, 15) is 4.79 Å². The first-order valence-corrected chi connectivity index (χ1v) is 6.89. The van der Waals surface area contributed by atoms with Crippen molar-refractivity contribution in [2.75, 3.05) is 18.4 Å². The summed E-state index contributed by atoms with van der Waals surface area (Å²) in [6, 6.07) is 9.83. The lowest BCUT2D eigenvalue weighted by Crippen LogP contribution is -2.24.